The summed E-state index contributed by atoms with van der Waals surface area (Å²) in [5.41, 5.74) is 0.672. The van der Waals surface area contributed by atoms with E-state index in [1.165, 1.54) is 6.07 Å². The van der Waals surface area contributed by atoms with Crippen molar-refractivity contribution in [2.75, 3.05) is 46.1 Å². The van der Waals surface area contributed by atoms with E-state index in [4.69, 9.17) is 0 Å². The number of hydrogen-bond acceptors (Lipinski definition) is 3. The number of rotatable bonds is 4. The van der Waals surface area contributed by atoms with Crippen LogP contribution in [0.15, 0.2) is 18.2 Å². The molecule has 1 N–H and O–H groups in total. The Morgan fingerprint density at radius 1 is 1.43 bits per heavy atom. The Bertz CT molecular complexity index is 498. The van der Waals surface area contributed by atoms with Gasteiger partial charge in [0, 0.05) is 20.6 Å². The van der Waals surface area contributed by atoms with Crippen LogP contribution in [-0.2, 0) is 0 Å². The number of piperidine rings is 1. The van der Waals surface area contributed by atoms with E-state index in [9.17, 15) is 9.18 Å². The summed E-state index contributed by atoms with van der Waals surface area (Å²) in [5.74, 6) is 0.00978. The van der Waals surface area contributed by atoms with E-state index in [0.29, 0.717) is 11.5 Å². The lowest BCUT2D eigenvalue weighted by atomic mass is 9.96. The van der Waals surface area contributed by atoms with Gasteiger partial charge in [0.15, 0.2) is 0 Å². The molecule has 1 fully saturated rings. The van der Waals surface area contributed by atoms with Crippen molar-refractivity contribution >= 4 is 11.6 Å². The molecule has 1 amide bonds. The van der Waals surface area contributed by atoms with Crippen molar-refractivity contribution in [1.29, 1.82) is 0 Å². The van der Waals surface area contributed by atoms with Gasteiger partial charge in [0.25, 0.3) is 5.91 Å². The molecule has 0 radical (unpaired) electrons. The third-order valence-electron chi connectivity index (χ3n) is 4.21. The van der Waals surface area contributed by atoms with Crippen LogP contribution in [0.1, 0.15) is 23.2 Å². The van der Waals surface area contributed by atoms with Gasteiger partial charge in [-0.3, -0.25) is 4.79 Å². The van der Waals surface area contributed by atoms with Crippen molar-refractivity contribution in [2.24, 2.45) is 5.92 Å². The number of amides is 1. The fourth-order valence-electron chi connectivity index (χ4n) is 2.88. The highest BCUT2D eigenvalue weighted by atomic mass is 19.1. The molecule has 0 aromatic heterocycles. The number of nitrogens with zero attached hydrogens (tertiary/aromatic N) is 2. The van der Waals surface area contributed by atoms with Gasteiger partial charge in [-0.2, -0.15) is 0 Å². The Hall–Kier alpha value is -1.62. The fourth-order valence-corrected chi connectivity index (χ4v) is 2.88. The van der Waals surface area contributed by atoms with Crippen molar-refractivity contribution in [3.8, 4) is 0 Å². The van der Waals surface area contributed by atoms with Gasteiger partial charge in [-0.15, -0.1) is 0 Å². The first kappa shape index (κ1) is 15.8. The summed E-state index contributed by atoms with van der Waals surface area (Å²) in [6.45, 7) is 2.88. The highest BCUT2D eigenvalue weighted by molar-refractivity contribution is 5.99. The molecule has 1 aliphatic heterocycles. The first-order chi connectivity index (χ1) is 10.0. The predicted molar refractivity (Wildman–Crippen MR) is 83.1 cm³/mol. The highest BCUT2D eigenvalue weighted by Gasteiger charge is 2.23. The van der Waals surface area contributed by atoms with Gasteiger partial charge in [0.05, 0.1) is 11.3 Å². The first-order valence-electron chi connectivity index (χ1n) is 7.43. The van der Waals surface area contributed by atoms with Gasteiger partial charge in [0.2, 0.25) is 0 Å². The number of benzene rings is 1. The summed E-state index contributed by atoms with van der Waals surface area (Å²) in [5, 5.41) is 2.78. The molecular formula is C16H24FN3O. The zero-order chi connectivity index (χ0) is 15.4. The number of likely N-dealkylation sites (tertiary alicyclic amines) is 1. The number of nitrogens with one attached hydrogen (secondary N) is 1. The van der Waals surface area contributed by atoms with E-state index in [-0.39, 0.29) is 11.6 Å². The van der Waals surface area contributed by atoms with Gasteiger partial charge in [-0.25, -0.2) is 4.39 Å². The maximum atomic E-state index is 13.7. The monoisotopic (exact) mass is 293 g/mol. The zero-order valence-electron chi connectivity index (χ0n) is 13.0. The number of para-hydroxylation sites is 1. The molecule has 0 spiro atoms. The molecular weight excluding hydrogens is 269 g/mol. The number of hydrogen-bond donors (Lipinski definition) is 1. The quantitative estimate of drug-likeness (QED) is 0.925. The van der Waals surface area contributed by atoms with Crippen LogP contribution in [0.4, 0.5) is 10.1 Å². The Morgan fingerprint density at radius 2 is 2.10 bits per heavy atom. The van der Waals surface area contributed by atoms with E-state index >= 15 is 0 Å². The smallest absolute Gasteiger partial charge is 0.255 e. The fraction of sp³-hybridized carbons (Fsp3) is 0.562. The molecule has 1 saturated heterocycles. The van der Waals surface area contributed by atoms with E-state index < -0.39 is 5.82 Å². The SMILES string of the molecule is CNc1c(F)cccc1C(=O)N(C)CC1CCN(C)CC1. The molecule has 1 heterocycles. The standard InChI is InChI=1S/C16H24FN3O/c1-18-15-13(5-4-6-14(15)17)16(21)20(3)11-12-7-9-19(2)10-8-12/h4-6,12,18H,7-11H2,1-3H3. The molecule has 2 rings (SSSR count). The second kappa shape index (κ2) is 6.89. The summed E-state index contributed by atoms with van der Waals surface area (Å²) in [6.07, 6.45) is 2.21. The predicted octanol–water partition coefficient (Wildman–Crippen LogP) is 2.28. The van der Waals surface area contributed by atoms with Gasteiger partial charge >= 0.3 is 0 Å². The first-order valence-corrected chi connectivity index (χ1v) is 7.43. The molecule has 1 aromatic rings. The largest absolute Gasteiger partial charge is 0.385 e. The van der Waals surface area contributed by atoms with Crippen molar-refractivity contribution < 1.29 is 9.18 Å². The molecule has 0 bridgehead atoms. The average Bonchev–Trinajstić information content (AvgIpc) is 2.48. The molecule has 0 atom stereocenters. The van der Waals surface area contributed by atoms with Crippen LogP contribution in [0.2, 0.25) is 0 Å². The zero-order valence-corrected chi connectivity index (χ0v) is 13.0. The van der Waals surface area contributed by atoms with Gasteiger partial charge < -0.3 is 15.1 Å². The third-order valence-corrected chi connectivity index (χ3v) is 4.21. The van der Waals surface area contributed by atoms with E-state index in [0.717, 1.165) is 32.5 Å². The lowest BCUT2D eigenvalue weighted by Gasteiger charge is -2.31. The summed E-state index contributed by atoms with van der Waals surface area (Å²) < 4.78 is 13.7. The third kappa shape index (κ3) is 3.73. The van der Waals surface area contributed by atoms with E-state index in [2.05, 4.69) is 17.3 Å². The molecule has 0 aliphatic carbocycles. The van der Waals surface area contributed by atoms with Gasteiger partial charge in [-0.05, 0) is 51.0 Å². The molecule has 0 unspecified atom stereocenters. The van der Waals surface area contributed by atoms with Crippen LogP contribution in [0.25, 0.3) is 0 Å². The molecule has 5 heteroatoms. The minimum atomic E-state index is -0.393. The maximum Gasteiger partial charge on any atom is 0.255 e. The van der Waals surface area contributed by atoms with Gasteiger partial charge in [0.1, 0.15) is 5.82 Å². The second-order valence-electron chi connectivity index (χ2n) is 5.84. The van der Waals surface area contributed by atoms with Crippen LogP contribution >= 0.6 is 0 Å². The Morgan fingerprint density at radius 3 is 2.71 bits per heavy atom. The molecule has 0 saturated carbocycles. The number of carbonyl (C=O) groups excluding carboxylic acids is 1. The Labute approximate surface area is 125 Å². The van der Waals surface area contributed by atoms with Crippen LogP contribution in [0.3, 0.4) is 0 Å². The van der Waals surface area contributed by atoms with E-state index in [1.54, 1.807) is 31.1 Å². The Balaban J connectivity index is 2.04. The molecule has 1 aliphatic rings. The lowest BCUT2D eigenvalue weighted by Crippen LogP contribution is -2.38. The summed E-state index contributed by atoms with van der Waals surface area (Å²) in [7, 11) is 5.55. The maximum absolute atomic E-state index is 13.7. The van der Waals surface area contributed by atoms with Crippen LogP contribution in [0.5, 0.6) is 0 Å². The lowest BCUT2D eigenvalue weighted by molar-refractivity contribution is 0.0747. The normalized spacial score (nSPS) is 16.8. The van der Waals surface area contributed by atoms with Crippen molar-refractivity contribution in [2.45, 2.75) is 12.8 Å². The second-order valence-corrected chi connectivity index (χ2v) is 5.84. The summed E-state index contributed by atoms with van der Waals surface area (Å²) in [4.78, 5) is 16.5. The molecule has 1 aromatic carbocycles. The van der Waals surface area contributed by atoms with Crippen LogP contribution in [0, 0.1) is 11.7 Å². The topological polar surface area (TPSA) is 35.6 Å². The number of carbonyl (C=O) groups is 1. The van der Waals surface area contributed by atoms with Crippen molar-refractivity contribution in [3.63, 3.8) is 0 Å². The minimum absolute atomic E-state index is 0.127. The van der Waals surface area contributed by atoms with Gasteiger partial charge in [-0.1, -0.05) is 6.07 Å². The Kier molecular flexibility index (Phi) is 5.17. The van der Waals surface area contributed by atoms with Crippen LogP contribution < -0.4 is 5.32 Å². The van der Waals surface area contributed by atoms with Crippen LogP contribution in [-0.4, -0.2) is 56.5 Å². The average molecular weight is 293 g/mol. The summed E-state index contributed by atoms with van der Waals surface area (Å²) in [6, 6.07) is 4.61. The summed E-state index contributed by atoms with van der Waals surface area (Å²) >= 11 is 0. The molecule has 21 heavy (non-hydrogen) atoms. The number of halogens is 1. The van der Waals surface area contributed by atoms with Crippen molar-refractivity contribution in [3.05, 3.63) is 29.6 Å². The number of anilines is 1. The highest BCUT2D eigenvalue weighted by Crippen LogP contribution is 2.22. The molecule has 4 nitrogen and oxygen atoms in total. The molecule has 116 valence electrons. The minimum Gasteiger partial charge on any atom is -0.385 e. The van der Waals surface area contributed by atoms with Crippen molar-refractivity contribution in [1.82, 2.24) is 9.80 Å². The van der Waals surface area contributed by atoms with E-state index in [1.807, 2.05) is 0 Å².